The summed E-state index contributed by atoms with van der Waals surface area (Å²) < 4.78 is 0. The smallest absolute Gasteiger partial charge is 0.124 e. The molecule has 0 amide bonds. The van der Waals surface area contributed by atoms with E-state index in [0.717, 1.165) is 28.1 Å². The number of fused-ring (bicyclic) bond motifs is 3. The highest BCUT2D eigenvalue weighted by molar-refractivity contribution is 7.19. The largest absolute Gasteiger partial charge is 0.239 e. The van der Waals surface area contributed by atoms with Crippen LogP contribution in [0.2, 0.25) is 5.02 Å². The van der Waals surface area contributed by atoms with Crippen LogP contribution in [0, 0.1) is 0 Å². The number of nitrogens with zero attached hydrogens (tertiary/aromatic N) is 1. The minimum atomic E-state index is 0.344. The number of aryl methyl sites for hydroxylation is 2. The van der Waals surface area contributed by atoms with E-state index >= 15 is 0 Å². The molecule has 0 aliphatic heterocycles. The molecule has 1 aliphatic carbocycles. The van der Waals surface area contributed by atoms with Gasteiger partial charge in [0.25, 0.3) is 0 Å². The Hall–Kier alpha value is -1.09. The fourth-order valence-electron chi connectivity index (χ4n) is 3.28. The van der Waals surface area contributed by atoms with Gasteiger partial charge in [-0.25, -0.2) is 4.98 Å². The van der Waals surface area contributed by atoms with Crippen LogP contribution in [0.25, 0.3) is 21.3 Å². The van der Waals surface area contributed by atoms with Crippen LogP contribution in [0.15, 0.2) is 30.3 Å². The van der Waals surface area contributed by atoms with Gasteiger partial charge in [0.15, 0.2) is 0 Å². The molecule has 1 aromatic carbocycles. The summed E-state index contributed by atoms with van der Waals surface area (Å²) in [5, 5.41) is 1.96. The van der Waals surface area contributed by atoms with Crippen molar-refractivity contribution in [3.05, 3.63) is 51.5 Å². The molecule has 0 radical (unpaired) electrons. The average Bonchev–Trinajstić information content (AvgIpc) is 2.93. The van der Waals surface area contributed by atoms with E-state index in [1.165, 1.54) is 35.1 Å². The maximum absolute atomic E-state index is 6.68. The minimum Gasteiger partial charge on any atom is -0.239 e. The van der Waals surface area contributed by atoms with Gasteiger partial charge >= 0.3 is 0 Å². The average molecular weight is 348 g/mol. The lowest BCUT2D eigenvalue weighted by Crippen LogP contribution is -1.99. The quantitative estimate of drug-likeness (QED) is 0.500. The van der Waals surface area contributed by atoms with Crippen molar-refractivity contribution in [1.29, 1.82) is 0 Å². The second kappa shape index (κ2) is 5.84. The topological polar surface area (TPSA) is 12.9 Å². The maximum atomic E-state index is 6.68. The Morgan fingerprint density at radius 1 is 1.09 bits per heavy atom. The normalized spacial score (nSPS) is 14.3. The van der Waals surface area contributed by atoms with Gasteiger partial charge in [0.05, 0.1) is 16.6 Å². The van der Waals surface area contributed by atoms with Gasteiger partial charge in [-0.05, 0) is 36.8 Å². The summed E-state index contributed by atoms with van der Waals surface area (Å²) in [6, 6.07) is 10.4. The molecule has 4 rings (SSSR count). The molecule has 1 nitrogen and oxygen atoms in total. The molecule has 0 fully saturated rings. The van der Waals surface area contributed by atoms with Crippen molar-refractivity contribution < 1.29 is 0 Å². The lowest BCUT2D eigenvalue weighted by molar-refractivity contribution is 0.700. The molecule has 0 spiro atoms. The molecule has 0 saturated heterocycles. The zero-order chi connectivity index (χ0) is 15.1. The second-order valence-electron chi connectivity index (χ2n) is 5.64. The van der Waals surface area contributed by atoms with Gasteiger partial charge in [-0.15, -0.1) is 22.9 Å². The van der Waals surface area contributed by atoms with E-state index in [1.807, 2.05) is 17.4 Å². The molecular formula is C18H15Cl2NS. The molecule has 0 atom stereocenters. The number of alkyl halides is 1. The Balaban J connectivity index is 2.11. The van der Waals surface area contributed by atoms with Gasteiger partial charge < -0.3 is 0 Å². The van der Waals surface area contributed by atoms with Crippen LogP contribution in [0.4, 0.5) is 0 Å². The zero-order valence-corrected chi connectivity index (χ0v) is 14.4. The van der Waals surface area contributed by atoms with Gasteiger partial charge in [-0.3, -0.25) is 0 Å². The first-order chi connectivity index (χ1) is 10.8. The summed E-state index contributed by atoms with van der Waals surface area (Å²) in [5.41, 5.74) is 4.51. The van der Waals surface area contributed by atoms with Gasteiger partial charge in [-0.2, -0.15) is 0 Å². The summed E-state index contributed by atoms with van der Waals surface area (Å²) in [4.78, 5) is 7.31. The molecule has 22 heavy (non-hydrogen) atoms. The van der Waals surface area contributed by atoms with Crippen LogP contribution in [-0.4, -0.2) is 4.98 Å². The van der Waals surface area contributed by atoms with E-state index in [2.05, 4.69) is 24.3 Å². The first-order valence-electron chi connectivity index (χ1n) is 7.53. The first-order valence-corrected chi connectivity index (χ1v) is 9.26. The summed E-state index contributed by atoms with van der Waals surface area (Å²) in [6.45, 7) is 0. The minimum absolute atomic E-state index is 0.344. The lowest BCUT2D eigenvalue weighted by Gasteiger charge is -2.14. The Bertz CT molecular complexity index is 839. The number of pyridine rings is 1. The number of thiophene rings is 1. The molecule has 0 N–H and O–H groups in total. The molecule has 2 heterocycles. The predicted molar refractivity (Wildman–Crippen MR) is 96.3 cm³/mol. The summed E-state index contributed by atoms with van der Waals surface area (Å²) in [5.74, 6) is 0.344. The SMILES string of the molecule is ClCc1nc2sc3c(c2c(-c2ccccc2)c1Cl)CCCC3. The molecule has 2 aromatic heterocycles. The number of aromatic nitrogens is 1. The third kappa shape index (κ3) is 2.25. The molecule has 1 aliphatic rings. The molecule has 112 valence electrons. The van der Waals surface area contributed by atoms with E-state index in [-0.39, 0.29) is 0 Å². The highest BCUT2D eigenvalue weighted by atomic mass is 35.5. The number of hydrogen-bond donors (Lipinski definition) is 0. The predicted octanol–water partition coefficient (Wildman–Crippen LogP) is 6.23. The van der Waals surface area contributed by atoms with Crippen molar-refractivity contribution in [2.24, 2.45) is 0 Å². The Labute approximate surface area is 143 Å². The van der Waals surface area contributed by atoms with E-state index in [0.29, 0.717) is 10.9 Å². The Morgan fingerprint density at radius 3 is 2.64 bits per heavy atom. The number of rotatable bonds is 2. The van der Waals surface area contributed by atoms with E-state index < -0.39 is 0 Å². The second-order valence-corrected chi connectivity index (χ2v) is 7.37. The molecule has 0 bridgehead atoms. The third-order valence-electron chi connectivity index (χ3n) is 4.30. The van der Waals surface area contributed by atoms with Crippen LogP contribution in [0.5, 0.6) is 0 Å². The molecule has 4 heteroatoms. The van der Waals surface area contributed by atoms with Crippen LogP contribution < -0.4 is 0 Å². The molecular weight excluding hydrogens is 333 g/mol. The zero-order valence-electron chi connectivity index (χ0n) is 12.0. The van der Waals surface area contributed by atoms with Crippen molar-refractivity contribution in [1.82, 2.24) is 4.98 Å². The van der Waals surface area contributed by atoms with Crippen molar-refractivity contribution in [3.63, 3.8) is 0 Å². The van der Waals surface area contributed by atoms with Crippen LogP contribution in [0.3, 0.4) is 0 Å². The molecule has 0 saturated carbocycles. The number of hydrogen-bond acceptors (Lipinski definition) is 2. The Morgan fingerprint density at radius 2 is 1.86 bits per heavy atom. The standard InChI is InChI=1S/C18H15Cl2NS/c19-10-13-17(20)15(11-6-2-1-3-7-11)16-12-8-4-5-9-14(12)22-18(16)21-13/h1-3,6-7H,4-5,8-10H2. The van der Waals surface area contributed by atoms with E-state index in [1.54, 1.807) is 0 Å². The number of halogens is 2. The highest BCUT2D eigenvalue weighted by Crippen LogP contribution is 2.44. The third-order valence-corrected chi connectivity index (χ3v) is 6.15. The molecule has 0 unspecified atom stereocenters. The monoisotopic (exact) mass is 347 g/mol. The summed E-state index contributed by atoms with van der Waals surface area (Å²) in [7, 11) is 0. The van der Waals surface area contributed by atoms with E-state index in [4.69, 9.17) is 28.2 Å². The van der Waals surface area contributed by atoms with Crippen LogP contribution in [-0.2, 0) is 18.7 Å². The summed E-state index contributed by atoms with van der Waals surface area (Å²) >= 11 is 14.6. The fraction of sp³-hybridized carbons (Fsp3) is 0.278. The Kier molecular flexibility index (Phi) is 3.85. The highest BCUT2D eigenvalue weighted by Gasteiger charge is 2.23. The van der Waals surface area contributed by atoms with Crippen molar-refractivity contribution >= 4 is 44.8 Å². The van der Waals surface area contributed by atoms with Crippen molar-refractivity contribution in [2.45, 2.75) is 31.6 Å². The van der Waals surface area contributed by atoms with Crippen LogP contribution in [0.1, 0.15) is 29.0 Å². The maximum Gasteiger partial charge on any atom is 0.124 e. The van der Waals surface area contributed by atoms with Gasteiger partial charge in [0, 0.05) is 15.8 Å². The first kappa shape index (κ1) is 14.5. The molecule has 3 aromatic rings. The van der Waals surface area contributed by atoms with Gasteiger partial charge in [-0.1, -0.05) is 41.9 Å². The van der Waals surface area contributed by atoms with Gasteiger partial charge in [0.2, 0.25) is 0 Å². The van der Waals surface area contributed by atoms with Crippen molar-refractivity contribution in [2.75, 3.05) is 0 Å². The van der Waals surface area contributed by atoms with Crippen molar-refractivity contribution in [3.8, 4) is 11.1 Å². The summed E-state index contributed by atoms with van der Waals surface area (Å²) in [6.07, 6.45) is 4.82. The lowest BCUT2D eigenvalue weighted by atomic mass is 9.92. The van der Waals surface area contributed by atoms with Gasteiger partial charge in [0.1, 0.15) is 4.83 Å². The fourth-order valence-corrected chi connectivity index (χ4v) is 5.14. The van der Waals surface area contributed by atoms with Crippen LogP contribution >= 0.6 is 34.5 Å². The number of benzene rings is 1. The van der Waals surface area contributed by atoms with E-state index in [9.17, 15) is 0 Å².